The Balaban J connectivity index is 1.85. The number of ether oxygens (including phenoxy) is 1. The Morgan fingerprint density at radius 3 is 2.90 bits per heavy atom. The quantitative estimate of drug-likeness (QED) is 0.717. The molecule has 1 heterocycles. The van der Waals surface area contributed by atoms with Crippen LogP contribution in [0, 0.1) is 6.92 Å². The number of fused-ring (bicyclic) bond motifs is 1. The number of nitrogens with two attached hydrogens (primary N) is 1. The average molecular weight is 332 g/mol. The van der Waals surface area contributed by atoms with E-state index in [2.05, 4.69) is 25.9 Å². The SMILES string of the molecule is Cc1cc(Br)cc2[nH]c(COc3ccccc3N)nc12. The molecule has 3 N–H and O–H groups in total. The Labute approximate surface area is 125 Å². The standard InChI is InChI=1S/C15H14BrN3O/c1-9-6-10(16)7-12-15(9)19-14(18-12)8-20-13-5-3-2-4-11(13)17/h2-7H,8,17H2,1H3,(H,18,19). The van der Waals surface area contributed by atoms with Crippen LogP contribution < -0.4 is 10.5 Å². The maximum Gasteiger partial charge on any atom is 0.146 e. The molecule has 20 heavy (non-hydrogen) atoms. The predicted molar refractivity (Wildman–Crippen MR) is 83.7 cm³/mol. The Bertz CT molecular complexity index is 767. The summed E-state index contributed by atoms with van der Waals surface area (Å²) in [6.07, 6.45) is 0. The second-order valence-electron chi connectivity index (χ2n) is 4.63. The fraction of sp³-hybridized carbons (Fsp3) is 0.133. The number of nitrogens with one attached hydrogen (secondary N) is 1. The van der Waals surface area contributed by atoms with Crippen molar-refractivity contribution < 1.29 is 4.74 Å². The van der Waals surface area contributed by atoms with Crippen molar-refractivity contribution in [1.29, 1.82) is 0 Å². The highest BCUT2D eigenvalue weighted by Gasteiger charge is 2.07. The molecule has 0 saturated carbocycles. The van der Waals surface area contributed by atoms with Gasteiger partial charge in [-0.25, -0.2) is 4.98 Å². The Hall–Kier alpha value is -2.01. The van der Waals surface area contributed by atoms with Crippen LogP contribution in [0.1, 0.15) is 11.4 Å². The Morgan fingerprint density at radius 1 is 1.30 bits per heavy atom. The number of halogens is 1. The number of aromatic amines is 1. The van der Waals surface area contributed by atoms with E-state index in [9.17, 15) is 0 Å². The van der Waals surface area contributed by atoms with Gasteiger partial charge in [0.1, 0.15) is 18.2 Å². The fourth-order valence-corrected chi connectivity index (χ4v) is 2.70. The summed E-state index contributed by atoms with van der Waals surface area (Å²) in [6.45, 7) is 2.40. The lowest BCUT2D eigenvalue weighted by Crippen LogP contribution is -1.99. The van der Waals surface area contributed by atoms with Crippen molar-refractivity contribution in [3.63, 3.8) is 0 Å². The van der Waals surface area contributed by atoms with Crippen molar-refractivity contribution in [2.75, 3.05) is 5.73 Å². The van der Waals surface area contributed by atoms with Crippen LogP contribution in [0.2, 0.25) is 0 Å². The van der Waals surface area contributed by atoms with Crippen molar-refractivity contribution in [3.05, 3.63) is 52.3 Å². The zero-order valence-corrected chi connectivity index (χ0v) is 12.6. The molecule has 0 aliphatic carbocycles. The molecule has 0 amide bonds. The molecular weight excluding hydrogens is 318 g/mol. The summed E-state index contributed by atoms with van der Waals surface area (Å²) >= 11 is 3.48. The lowest BCUT2D eigenvalue weighted by Gasteiger charge is -2.06. The first-order valence-electron chi connectivity index (χ1n) is 6.25. The largest absolute Gasteiger partial charge is 0.484 e. The molecule has 5 heteroatoms. The van der Waals surface area contributed by atoms with Crippen LogP contribution in [0.5, 0.6) is 5.75 Å². The molecule has 0 radical (unpaired) electrons. The van der Waals surface area contributed by atoms with E-state index < -0.39 is 0 Å². The lowest BCUT2D eigenvalue weighted by atomic mass is 10.2. The average Bonchev–Trinajstić information content (AvgIpc) is 2.81. The van der Waals surface area contributed by atoms with Crippen LogP contribution in [-0.4, -0.2) is 9.97 Å². The van der Waals surface area contributed by atoms with Gasteiger partial charge in [-0.15, -0.1) is 0 Å². The zero-order valence-electron chi connectivity index (χ0n) is 11.0. The molecule has 0 saturated heterocycles. The number of nitrogens with zero attached hydrogens (tertiary/aromatic N) is 1. The number of hydrogen-bond donors (Lipinski definition) is 2. The maximum atomic E-state index is 5.84. The van der Waals surface area contributed by atoms with Crippen molar-refractivity contribution >= 4 is 32.7 Å². The third-order valence-corrected chi connectivity index (χ3v) is 3.53. The molecule has 0 unspecified atom stereocenters. The third-order valence-electron chi connectivity index (χ3n) is 3.07. The maximum absolute atomic E-state index is 5.84. The van der Waals surface area contributed by atoms with E-state index in [1.165, 1.54) is 0 Å². The molecule has 102 valence electrons. The van der Waals surface area contributed by atoms with E-state index >= 15 is 0 Å². The second kappa shape index (κ2) is 5.17. The molecule has 3 rings (SSSR count). The highest BCUT2D eigenvalue weighted by molar-refractivity contribution is 9.10. The van der Waals surface area contributed by atoms with Gasteiger partial charge in [0.15, 0.2) is 0 Å². The van der Waals surface area contributed by atoms with Gasteiger partial charge in [0.05, 0.1) is 16.7 Å². The molecule has 0 bridgehead atoms. The molecule has 0 spiro atoms. The summed E-state index contributed by atoms with van der Waals surface area (Å²) < 4.78 is 6.73. The van der Waals surface area contributed by atoms with E-state index in [1.807, 2.05) is 43.3 Å². The Kier molecular flexibility index (Phi) is 3.36. The van der Waals surface area contributed by atoms with E-state index in [4.69, 9.17) is 10.5 Å². The number of benzene rings is 2. The predicted octanol–water partition coefficient (Wildman–Crippen LogP) is 3.80. The highest BCUT2D eigenvalue weighted by Crippen LogP contribution is 2.24. The number of aryl methyl sites for hydroxylation is 1. The van der Waals surface area contributed by atoms with E-state index in [-0.39, 0.29) is 0 Å². The molecule has 1 aromatic heterocycles. The molecule has 2 aromatic carbocycles. The third kappa shape index (κ3) is 2.49. The number of H-pyrrole nitrogens is 1. The van der Waals surface area contributed by atoms with E-state index in [0.717, 1.165) is 26.9 Å². The van der Waals surface area contributed by atoms with Gasteiger partial charge < -0.3 is 15.5 Å². The van der Waals surface area contributed by atoms with Gasteiger partial charge in [-0.1, -0.05) is 28.1 Å². The van der Waals surface area contributed by atoms with Gasteiger partial charge in [-0.2, -0.15) is 0 Å². The normalized spacial score (nSPS) is 10.9. The molecule has 3 aromatic rings. The van der Waals surface area contributed by atoms with Crippen molar-refractivity contribution in [3.8, 4) is 5.75 Å². The summed E-state index contributed by atoms with van der Waals surface area (Å²) in [5, 5.41) is 0. The smallest absolute Gasteiger partial charge is 0.146 e. The van der Waals surface area contributed by atoms with Gasteiger partial charge in [0.2, 0.25) is 0 Å². The highest BCUT2D eigenvalue weighted by atomic mass is 79.9. The summed E-state index contributed by atoms with van der Waals surface area (Å²) in [5.41, 5.74) is 9.55. The summed E-state index contributed by atoms with van der Waals surface area (Å²) in [5.74, 6) is 1.45. The van der Waals surface area contributed by atoms with Crippen molar-refractivity contribution in [2.45, 2.75) is 13.5 Å². The van der Waals surface area contributed by atoms with Crippen LogP contribution in [0.3, 0.4) is 0 Å². The minimum absolute atomic E-state index is 0.361. The molecule has 0 aliphatic heterocycles. The molecule has 4 nitrogen and oxygen atoms in total. The first-order chi connectivity index (χ1) is 9.63. The van der Waals surface area contributed by atoms with Crippen LogP contribution in [0.4, 0.5) is 5.69 Å². The number of para-hydroxylation sites is 2. The topological polar surface area (TPSA) is 63.9 Å². The van der Waals surface area contributed by atoms with Gasteiger partial charge in [-0.3, -0.25) is 0 Å². The van der Waals surface area contributed by atoms with Gasteiger partial charge in [0.25, 0.3) is 0 Å². The fourth-order valence-electron chi connectivity index (χ4n) is 2.12. The van der Waals surface area contributed by atoms with Crippen LogP contribution >= 0.6 is 15.9 Å². The monoisotopic (exact) mass is 331 g/mol. The van der Waals surface area contributed by atoms with Crippen molar-refractivity contribution in [1.82, 2.24) is 9.97 Å². The number of nitrogen functional groups attached to an aromatic ring is 1. The van der Waals surface area contributed by atoms with Gasteiger partial charge >= 0.3 is 0 Å². The number of hydrogen-bond acceptors (Lipinski definition) is 3. The number of anilines is 1. The van der Waals surface area contributed by atoms with Crippen molar-refractivity contribution in [2.24, 2.45) is 0 Å². The number of aromatic nitrogens is 2. The number of rotatable bonds is 3. The van der Waals surface area contributed by atoms with Crippen LogP contribution in [0.15, 0.2) is 40.9 Å². The van der Waals surface area contributed by atoms with Crippen LogP contribution in [-0.2, 0) is 6.61 Å². The van der Waals surface area contributed by atoms with E-state index in [1.54, 1.807) is 0 Å². The van der Waals surface area contributed by atoms with Gasteiger partial charge in [0, 0.05) is 4.47 Å². The molecule has 0 aliphatic rings. The minimum Gasteiger partial charge on any atom is -0.484 e. The summed E-state index contributed by atoms with van der Waals surface area (Å²) in [4.78, 5) is 7.82. The van der Waals surface area contributed by atoms with E-state index in [0.29, 0.717) is 18.0 Å². The summed E-state index contributed by atoms with van der Waals surface area (Å²) in [6, 6.07) is 11.5. The molecule has 0 fully saturated rings. The molecular formula is C15H14BrN3O. The first-order valence-corrected chi connectivity index (χ1v) is 7.05. The minimum atomic E-state index is 0.361. The van der Waals surface area contributed by atoms with Gasteiger partial charge in [-0.05, 0) is 36.8 Å². The summed E-state index contributed by atoms with van der Waals surface area (Å²) in [7, 11) is 0. The lowest BCUT2D eigenvalue weighted by molar-refractivity contribution is 0.299. The second-order valence-corrected chi connectivity index (χ2v) is 5.54. The van der Waals surface area contributed by atoms with Crippen LogP contribution in [0.25, 0.3) is 11.0 Å². The number of imidazole rings is 1. The Morgan fingerprint density at radius 2 is 2.10 bits per heavy atom. The zero-order chi connectivity index (χ0) is 14.1. The first kappa shape index (κ1) is 13.0. The molecule has 0 atom stereocenters.